The number of carbonyl (C=O) groups is 1. The zero-order chi connectivity index (χ0) is 13.1. The Bertz CT molecular complexity index is 567. The predicted octanol–water partition coefficient (Wildman–Crippen LogP) is 4.12. The number of hydrogen-bond donors (Lipinski definition) is 1. The molecule has 0 aliphatic carbocycles. The molecule has 0 amide bonds. The van der Waals surface area contributed by atoms with E-state index in [1.54, 1.807) is 0 Å². The highest BCUT2D eigenvalue weighted by Gasteiger charge is 2.14. The number of carbonyl (C=O) groups excluding carboxylic acids is 1. The first-order chi connectivity index (χ1) is 8.59. The van der Waals surface area contributed by atoms with Crippen LogP contribution in [0.25, 0.3) is 0 Å². The topological polar surface area (TPSA) is 43.1 Å². The lowest BCUT2D eigenvalue weighted by Gasteiger charge is -2.11. The van der Waals surface area contributed by atoms with E-state index >= 15 is 0 Å². The first-order valence-corrected chi connectivity index (χ1v) is 6.53. The van der Waals surface area contributed by atoms with Crippen molar-refractivity contribution >= 4 is 34.1 Å². The average Bonchev–Trinajstić information content (AvgIpc) is 2.39. The van der Waals surface area contributed by atoms with E-state index in [4.69, 9.17) is 5.73 Å². The summed E-state index contributed by atoms with van der Waals surface area (Å²) in [4.78, 5) is 12.4. The molecular weight excluding hydrogens is 326 g/mol. The number of halogens is 2. The molecule has 19 heavy (non-hydrogen) atoms. The summed E-state index contributed by atoms with van der Waals surface area (Å²) in [5.74, 6) is 0.00963. The second-order valence-corrected chi connectivity index (χ2v) is 5.13. The number of ketones is 1. The Kier molecular flexibility index (Phi) is 5.73. The molecule has 0 unspecified atom stereocenters. The van der Waals surface area contributed by atoms with Crippen molar-refractivity contribution in [3.63, 3.8) is 0 Å². The normalized spacial score (nSPS) is 11.5. The summed E-state index contributed by atoms with van der Waals surface area (Å²) in [6, 6.07) is 14.7. The lowest BCUT2D eigenvalue weighted by Crippen LogP contribution is -2.12. The molecule has 2 N–H and O–H groups in total. The number of benzene rings is 2. The van der Waals surface area contributed by atoms with Gasteiger partial charge in [0, 0.05) is 21.6 Å². The summed E-state index contributed by atoms with van der Waals surface area (Å²) >= 11 is 3.36. The van der Waals surface area contributed by atoms with E-state index in [2.05, 4.69) is 15.9 Å². The largest absolute Gasteiger partial charge is 0.324 e. The van der Waals surface area contributed by atoms with Crippen LogP contribution < -0.4 is 5.73 Å². The second-order valence-electron chi connectivity index (χ2n) is 4.21. The van der Waals surface area contributed by atoms with Crippen molar-refractivity contribution in [3.05, 3.63) is 69.7 Å². The Morgan fingerprint density at radius 3 is 2.26 bits per heavy atom. The summed E-state index contributed by atoms with van der Waals surface area (Å²) in [7, 11) is 0. The van der Waals surface area contributed by atoms with Crippen LogP contribution in [0, 0.1) is 0 Å². The molecule has 0 radical (unpaired) electrons. The number of hydrogen-bond acceptors (Lipinski definition) is 2. The molecule has 0 heterocycles. The van der Waals surface area contributed by atoms with E-state index in [-0.39, 0.29) is 24.2 Å². The van der Waals surface area contributed by atoms with Gasteiger partial charge >= 0.3 is 0 Å². The van der Waals surface area contributed by atoms with Gasteiger partial charge in [0.05, 0.1) is 0 Å². The van der Waals surface area contributed by atoms with E-state index in [9.17, 15) is 4.79 Å². The molecule has 100 valence electrons. The minimum atomic E-state index is -0.152. The van der Waals surface area contributed by atoms with E-state index in [1.165, 1.54) is 0 Å². The molecule has 0 spiro atoms. The van der Waals surface area contributed by atoms with Crippen LogP contribution in [-0.2, 0) is 0 Å². The molecule has 0 saturated carbocycles. The summed E-state index contributed by atoms with van der Waals surface area (Å²) < 4.78 is 0.958. The minimum absolute atomic E-state index is 0. The lowest BCUT2D eigenvalue weighted by molar-refractivity contribution is 0.103. The van der Waals surface area contributed by atoms with Crippen LogP contribution >= 0.6 is 28.3 Å². The van der Waals surface area contributed by atoms with E-state index in [0.717, 1.165) is 10.0 Å². The molecule has 2 rings (SSSR count). The van der Waals surface area contributed by atoms with E-state index < -0.39 is 0 Å². The molecule has 2 nitrogen and oxygen atoms in total. The van der Waals surface area contributed by atoms with Crippen LogP contribution in [0.1, 0.15) is 34.5 Å². The van der Waals surface area contributed by atoms with Crippen molar-refractivity contribution in [3.8, 4) is 0 Å². The van der Waals surface area contributed by atoms with Gasteiger partial charge in [-0.3, -0.25) is 4.79 Å². The van der Waals surface area contributed by atoms with Crippen molar-refractivity contribution in [2.24, 2.45) is 5.73 Å². The Balaban J connectivity index is 0.00000180. The highest BCUT2D eigenvalue weighted by molar-refractivity contribution is 9.10. The van der Waals surface area contributed by atoms with Gasteiger partial charge in [0.25, 0.3) is 0 Å². The predicted molar refractivity (Wildman–Crippen MR) is 83.9 cm³/mol. The van der Waals surface area contributed by atoms with Gasteiger partial charge in [0.2, 0.25) is 0 Å². The van der Waals surface area contributed by atoms with Gasteiger partial charge in [-0.2, -0.15) is 0 Å². The van der Waals surface area contributed by atoms with Crippen molar-refractivity contribution in [1.29, 1.82) is 0 Å². The molecule has 0 aliphatic rings. The SMILES string of the molecule is C[C@H](N)c1ccccc1C(=O)c1ccc(Br)cc1.Cl. The van der Waals surface area contributed by atoms with Gasteiger partial charge in [-0.05, 0) is 36.8 Å². The van der Waals surface area contributed by atoms with Crippen LogP contribution in [0.4, 0.5) is 0 Å². The quantitative estimate of drug-likeness (QED) is 0.854. The Hall–Kier alpha value is -1.16. The highest BCUT2D eigenvalue weighted by Crippen LogP contribution is 2.20. The molecule has 2 aromatic rings. The highest BCUT2D eigenvalue weighted by atomic mass is 79.9. The zero-order valence-corrected chi connectivity index (χ0v) is 12.9. The van der Waals surface area contributed by atoms with Crippen molar-refractivity contribution in [2.45, 2.75) is 13.0 Å². The molecule has 0 fully saturated rings. The van der Waals surface area contributed by atoms with E-state index in [1.807, 2.05) is 55.5 Å². The monoisotopic (exact) mass is 339 g/mol. The summed E-state index contributed by atoms with van der Waals surface area (Å²) in [5.41, 5.74) is 8.12. The Morgan fingerprint density at radius 1 is 1.11 bits per heavy atom. The van der Waals surface area contributed by atoms with Crippen molar-refractivity contribution in [2.75, 3.05) is 0 Å². The van der Waals surface area contributed by atoms with Gasteiger partial charge < -0.3 is 5.73 Å². The first-order valence-electron chi connectivity index (χ1n) is 5.74. The van der Waals surface area contributed by atoms with Crippen LogP contribution in [0.5, 0.6) is 0 Å². The molecular formula is C15H15BrClNO. The van der Waals surface area contributed by atoms with E-state index in [0.29, 0.717) is 11.1 Å². The maximum Gasteiger partial charge on any atom is 0.193 e. The zero-order valence-electron chi connectivity index (χ0n) is 10.5. The first kappa shape index (κ1) is 15.9. The molecule has 0 aliphatic heterocycles. The molecule has 0 aromatic heterocycles. The Morgan fingerprint density at radius 2 is 1.68 bits per heavy atom. The molecule has 1 atom stereocenters. The van der Waals surface area contributed by atoms with Crippen LogP contribution in [0.2, 0.25) is 0 Å². The third-order valence-electron chi connectivity index (χ3n) is 2.80. The van der Waals surface area contributed by atoms with Gasteiger partial charge in [-0.25, -0.2) is 0 Å². The van der Waals surface area contributed by atoms with Crippen LogP contribution in [0.3, 0.4) is 0 Å². The number of rotatable bonds is 3. The fourth-order valence-electron chi connectivity index (χ4n) is 1.86. The summed E-state index contributed by atoms with van der Waals surface area (Å²) in [5, 5.41) is 0. The average molecular weight is 341 g/mol. The van der Waals surface area contributed by atoms with Crippen LogP contribution in [-0.4, -0.2) is 5.78 Å². The van der Waals surface area contributed by atoms with Crippen molar-refractivity contribution < 1.29 is 4.79 Å². The lowest BCUT2D eigenvalue weighted by atomic mass is 9.95. The Labute approximate surface area is 127 Å². The van der Waals surface area contributed by atoms with Gasteiger partial charge in [-0.15, -0.1) is 12.4 Å². The van der Waals surface area contributed by atoms with Gasteiger partial charge in [-0.1, -0.05) is 40.2 Å². The second kappa shape index (κ2) is 6.85. The maximum absolute atomic E-state index is 12.4. The van der Waals surface area contributed by atoms with Gasteiger partial charge in [0.1, 0.15) is 0 Å². The summed E-state index contributed by atoms with van der Waals surface area (Å²) in [6.07, 6.45) is 0. The third kappa shape index (κ3) is 3.66. The molecule has 0 saturated heterocycles. The maximum atomic E-state index is 12.4. The summed E-state index contributed by atoms with van der Waals surface area (Å²) in [6.45, 7) is 1.88. The molecule has 4 heteroatoms. The standard InChI is InChI=1S/C15H14BrNO.ClH/c1-10(17)13-4-2-3-5-14(13)15(18)11-6-8-12(16)9-7-11;/h2-10H,17H2,1H3;1H/t10-;/m0./s1. The fourth-order valence-corrected chi connectivity index (χ4v) is 2.12. The smallest absolute Gasteiger partial charge is 0.193 e. The molecule has 2 aromatic carbocycles. The van der Waals surface area contributed by atoms with Gasteiger partial charge in [0.15, 0.2) is 5.78 Å². The molecule has 0 bridgehead atoms. The van der Waals surface area contributed by atoms with Crippen LogP contribution in [0.15, 0.2) is 53.0 Å². The third-order valence-corrected chi connectivity index (χ3v) is 3.33. The van der Waals surface area contributed by atoms with Crippen molar-refractivity contribution in [1.82, 2.24) is 0 Å². The fraction of sp³-hybridized carbons (Fsp3) is 0.133. The number of nitrogens with two attached hydrogens (primary N) is 1. The minimum Gasteiger partial charge on any atom is -0.324 e.